The third kappa shape index (κ3) is 4.03. The summed E-state index contributed by atoms with van der Waals surface area (Å²) in [6.07, 6.45) is -0.367. The van der Waals surface area contributed by atoms with Crippen LogP contribution in [0.1, 0.15) is 5.56 Å². The normalized spacial score (nSPS) is 22.4. The van der Waals surface area contributed by atoms with Crippen LogP contribution in [0.25, 0.3) is 0 Å². The third-order valence-electron chi connectivity index (χ3n) is 4.52. The van der Waals surface area contributed by atoms with Crippen LogP contribution in [0.4, 0.5) is 4.39 Å². The van der Waals surface area contributed by atoms with Gasteiger partial charge in [-0.05, 0) is 18.2 Å². The second-order valence-electron chi connectivity index (χ2n) is 6.12. The number of hydrogen-bond acceptors (Lipinski definition) is 5. The molecule has 3 rings (SSSR count). The van der Waals surface area contributed by atoms with Crippen LogP contribution in [0.3, 0.4) is 0 Å². The van der Waals surface area contributed by atoms with E-state index in [4.69, 9.17) is 9.47 Å². The van der Waals surface area contributed by atoms with E-state index in [2.05, 4.69) is 10.2 Å². The molecule has 6 nitrogen and oxygen atoms in total. The molecular weight excluding hydrogens is 313 g/mol. The van der Waals surface area contributed by atoms with Gasteiger partial charge in [-0.2, -0.15) is 0 Å². The molecule has 24 heavy (non-hydrogen) atoms. The van der Waals surface area contributed by atoms with Crippen LogP contribution in [0.15, 0.2) is 18.2 Å². The lowest BCUT2D eigenvalue weighted by Gasteiger charge is -2.37. The predicted octanol–water partition coefficient (Wildman–Crippen LogP) is 0.467. The second-order valence-corrected chi connectivity index (χ2v) is 6.12. The second kappa shape index (κ2) is 7.92. The van der Waals surface area contributed by atoms with Gasteiger partial charge in [-0.1, -0.05) is 0 Å². The summed E-state index contributed by atoms with van der Waals surface area (Å²) in [5, 5.41) is 3.18. The van der Waals surface area contributed by atoms with Gasteiger partial charge in [-0.25, -0.2) is 4.39 Å². The molecule has 0 radical (unpaired) electrons. The minimum Gasteiger partial charge on any atom is -0.496 e. The van der Waals surface area contributed by atoms with Gasteiger partial charge in [0.2, 0.25) is 0 Å². The fourth-order valence-electron chi connectivity index (χ4n) is 3.17. The number of halogens is 1. The number of carbonyl (C=O) groups excluding carboxylic acids is 1. The first-order chi connectivity index (χ1) is 11.7. The molecule has 2 aliphatic heterocycles. The molecule has 1 aromatic carbocycles. The first kappa shape index (κ1) is 17.1. The number of morpholine rings is 1. The molecule has 1 N–H and O–H groups in total. The van der Waals surface area contributed by atoms with Crippen molar-refractivity contribution in [3.63, 3.8) is 0 Å². The molecule has 0 bridgehead atoms. The molecule has 2 aliphatic rings. The molecule has 7 heteroatoms. The summed E-state index contributed by atoms with van der Waals surface area (Å²) < 4.78 is 24.3. The topological polar surface area (TPSA) is 54.0 Å². The van der Waals surface area contributed by atoms with E-state index in [9.17, 15) is 9.18 Å². The van der Waals surface area contributed by atoms with Crippen molar-refractivity contribution < 1.29 is 18.7 Å². The van der Waals surface area contributed by atoms with Crippen molar-refractivity contribution >= 4 is 5.91 Å². The minimum atomic E-state index is -0.367. The molecular formula is C17H24FN3O3. The number of nitrogens with one attached hydrogen (secondary N) is 1. The molecule has 0 aromatic heterocycles. The van der Waals surface area contributed by atoms with Crippen LogP contribution in [0.2, 0.25) is 0 Å². The maximum absolute atomic E-state index is 13.5. The number of methoxy groups -OCH3 is 1. The van der Waals surface area contributed by atoms with Crippen LogP contribution in [0, 0.1) is 5.82 Å². The minimum absolute atomic E-state index is 0.0604. The molecule has 1 atom stereocenters. The number of benzene rings is 1. The van der Waals surface area contributed by atoms with Crippen molar-refractivity contribution in [1.29, 1.82) is 0 Å². The fraction of sp³-hybridized carbons (Fsp3) is 0.588. The van der Waals surface area contributed by atoms with Gasteiger partial charge < -0.3 is 19.7 Å². The van der Waals surface area contributed by atoms with Crippen molar-refractivity contribution in [1.82, 2.24) is 15.1 Å². The smallest absolute Gasteiger partial charge is 0.253 e. The average molecular weight is 337 g/mol. The van der Waals surface area contributed by atoms with E-state index in [-0.39, 0.29) is 17.8 Å². The number of ether oxygens (including phenoxy) is 2. The van der Waals surface area contributed by atoms with Gasteiger partial charge in [-0.15, -0.1) is 0 Å². The lowest BCUT2D eigenvalue weighted by Crippen LogP contribution is -2.54. The standard InChI is InChI=1S/C17H24FN3O3/c1-23-15-3-2-14(18)10-13(15)12-20-5-7-21(8-6-20)17(22)16-11-19-4-9-24-16/h2-3,10,16,19H,4-9,11-12H2,1H3/t16-/m1/s1. The molecule has 2 heterocycles. The molecule has 2 saturated heterocycles. The molecule has 0 unspecified atom stereocenters. The van der Waals surface area contributed by atoms with Crippen molar-refractivity contribution in [2.75, 3.05) is 53.0 Å². The molecule has 1 aromatic rings. The van der Waals surface area contributed by atoms with E-state index in [0.717, 1.165) is 25.2 Å². The van der Waals surface area contributed by atoms with E-state index in [1.54, 1.807) is 13.2 Å². The highest BCUT2D eigenvalue weighted by Crippen LogP contribution is 2.21. The maximum Gasteiger partial charge on any atom is 0.253 e. The zero-order chi connectivity index (χ0) is 16.9. The molecule has 2 fully saturated rings. The van der Waals surface area contributed by atoms with Gasteiger partial charge in [0.15, 0.2) is 0 Å². The Hall–Kier alpha value is -1.70. The van der Waals surface area contributed by atoms with Crippen LogP contribution < -0.4 is 10.1 Å². The SMILES string of the molecule is COc1ccc(F)cc1CN1CCN(C(=O)[C@H]2CNCCO2)CC1. The highest BCUT2D eigenvalue weighted by atomic mass is 19.1. The van der Waals surface area contributed by atoms with Crippen LogP contribution in [0.5, 0.6) is 5.75 Å². The summed E-state index contributed by atoms with van der Waals surface area (Å²) in [6, 6.07) is 4.56. The Kier molecular flexibility index (Phi) is 5.65. The predicted molar refractivity (Wildman–Crippen MR) is 87.4 cm³/mol. The summed E-state index contributed by atoms with van der Waals surface area (Å²) in [5.74, 6) is 0.489. The lowest BCUT2D eigenvalue weighted by atomic mass is 10.1. The summed E-state index contributed by atoms with van der Waals surface area (Å²) >= 11 is 0. The van der Waals surface area contributed by atoms with E-state index in [1.165, 1.54) is 12.1 Å². The highest BCUT2D eigenvalue weighted by Gasteiger charge is 2.29. The van der Waals surface area contributed by atoms with Crippen LogP contribution >= 0.6 is 0 Å². The number of amides is 1. The summed E-state index contributed by atoms with van der Waals surface area (Å²) in [5.41, 5.74) is 0.831. The number of nitrogens with zero attached hydrogens (tertiary/aromatic N) is 2. The molecule has 0 aliphatic carbocycles. The van der Waals surface area contributed by atoms with E-state index in [0.29, 0.717) is 38.5 Å². The third-order valence-corrected chi connectivity index (χ3v) is 4.52. The summed E-state index contributed by atoms with van der Waals surface area (Å²) in [4.78, 5) is 16.5. The number of hydrogen-bond donors (Lipinski definition) is 1. The van der Waals surface area contributed by atoms with Crippen molar-refractivity contribution in [3.05, 3.63) is 29.6 Å². The van der Waals surface area contributed by atoms with Gasteiger partial charge >= 0.3 is 0 Å². The van der Waals surface area contributed by atoms with E-state index < -0.39 is 0 Å². The van der Waals surface area contributed by atoms with Gasteiger partial charge in [0.05, 0.1) is 13.7 Å². The van der Waals surface area contributed by atoms with Crippen LogP contribution in [-0.2, 0) is 16.1 Å². The lowest BCUT2D eigenvalue weighted by molar-refractivity contribution is -0.147. The molecule has 0 saturated carbocycles. The Labute approximate surface area is 141 Å². The van der Waals surface area contributed by atoms with Crippen LogP contribution in [-0.4, -0.2) is 74.8 Å². The van der Waals surface area contributed by atoms with Crippen molar-refractivity contribution in [3.8, 4) is 5.75 Å². The Morgan fingerprint density at radius 2 is 2.17 bits per heavy atom. The fourth-order valence-corrected chi connectivity index (χ4v) is 3.17. The summed E-state index contributed by atoms with van der Waals surface area (Å²) in [6.45, 7) is 5.41. The first-order valence-corrected chi connectivity index (χ1v) is 8.33. The molecule has 1 amide bonds. The van der Waals surface area contributed by atoms with Crippen molar-refractivity contribution in [2.24, 2.45) is 0 Å². The van der Waals surface area contributed by atoms with Gasteiger partial charge in [0.1, 0.15) is 17.7 Å². The molecule has 0 spiro atoms. The van der Waals surface area contributed by atoms with E-state index >= 15 is 0 Å². The number of carbonyl (C=O) groups is 1. The Morgan fingerprint density at radius 1 is 1.38 bits per heavy atom. The number of rotatable bonds is 4. The Bertz CT molecular complexity index is 570. The van der Waals surface area contributed by atoms with Gasteiger partial charge in [-0.3, -0.25) is 9.69 Å². The van der Waals surface area contributed by atoms with Gasteiger partial charge in [0.25, 0.3) is 5.91 Å². The summed E-state index contributed by atoms with van der Waals surface area (Å²) in [7, 11) is 1.59. The largest absolute Gasteiger partial charge is 0.496 e. The quantitative estimate of drug-likeness (QED) is 0.865. The zero-order valence-electron chi connectivity index (χ0n) is 14.0. The number of piperazine rings is 1. The van der Waals surface area contributed by atoms with E-state index in [1.807, 2.05) is 4.90 Å². The average Bonchev–Trinajstić information content (AvgIpc) is 2.63. The first-order valence-electron chi connectivity index (χ1n) is 8.33. The monoisotopic (exact) mass is 337 g/mol. The van der Waals surface area contributed by atoms with Crippen molar-refractivity contribution in [2.45, 2.75) is 12.6 Å². The zero-order valence-corrected chi connectivity index (χ0v) is 14.0. The van der Waals surface area contributed by atoms with Gasteiger partial charge in [0, 0.05) is 51.4 Å². The molecule has 132 valence electrons. The Morgan fingerprint density at radius 3 is 2.83 bits per heavy atom. The maximum atomic E-state index is 13.5. The Balaban J connectivity index is 1.53. The highest BCUT2D eigenvalue weighted by molar-refractivity contribution is 5.81.